The maximum atomic E-state index is 10.9. The molecule has 116 valence electrons. The smallest absolute Gasteiger partial charge is 0.288 e. The average molecular weight is 311 g/mol. The van der Waals surface area contributed by atoms with Gasteiger partial charge in [0.15, 0.2) is 0 Å². The number of anilines is 1. The van der Waals surface area contributed by atoms with Gasteiger partial charge in [-0.1, -0.05) is 37.8 Å². The summed E-state index contributed by atoms with van der Waals surface area (Å²) in [4.78, 5) is 10.5. The van der Waals surface area contributed by atoms with Gasteiger partial charge in [-0.2, -0.15) is 0 Å². The minimum atomic E-state index is -0.433. The van der Waals surface area contributed by atoms with Gasteiger partial charge in [0, 0.05) is 17.8 Å². The van der Waals surface area contributed by atoms with Gasteiger partial charge in [0.1, 0.15) is 5.02 Å². The molecule has 4 nitrogen and oxygen atoms in total. The van der Waals surface area contributed by atoms with Crippen LogP contribution in [0.15, 0.2) is 12.1 Å². The number of nitrogens with one attached hydrogen (secondary N) is 1. The lowest BCUT2D eigenvalue weighted by Crippen LogP contribution is -2.30. The Balaban J connectivity index is 2.17. The first-order chi connectivity index (χ1) is 10.0. The third kappa shape index (κ3) is 3.88. The van der Waals surface area contributed by atoms with Crippen LogP contribution < -0.4 is 5.32 Å². The van der Waals surface area contributed by atoms with Gasteiger partial charge in [-0.15, -0.1) is 0 Å². The fourth-order valence-electron chi connectivity index (χ4n) is 3.25. The molecule has 0 bridgehead atoms. The summed E-state index contributed by atoms with van der Waals surface area (Å²) in [5.41, 5.74) is 1.77. The second-order valence-corrected chi connectivity index (χ2v) is 6.34. The highest BCUT2D eigenvalue weighted by Gasteiger charge is 2.23. The molecule has 0 aliphatic heterocycles. The minimum absolute atomic E-state index is 0.0227. The predicted octanol–water partition coefficient (Wildman–Crippen LogP) is 5.33. The van der Waals surface area contributed by atoms with Crippen LogP contribution in [0.3, 0.4) is 0 Å². The second kappa shape index (κ2) is 7.12. The van der Waals surface area contributed by atoms with Crippen molar-refractivity contribution >= 4 is 23.0 Å². The lowest BCUT2D eigenvalue weighted by atomic mass is 9.83. The molecule has 0 saturated heterocycles. The Kier molecular flexibility index (Phi) is 5.45. The first-order valence-corrected chi connectivity index (χ1v) is 8.11. The van der Waals surface area contributed by atoms with Crippen LogP contribution in [0.25, 0.3) is 0 Å². The van der Waals surface area contributed by atoms with Crippen molar-refractivity contribution in [3.8, 4) is 0 Å². The highest BCUT2D eigenvalue weighted by molar-refractivity contribution is 6.33. The first kappa shape index (κ1) is 16.1. The topological polar surface area (TPSA) is 55.2 Å². The molecule has 1 aromatic carbocycles. The summed E-state index contributed by atoms with van der Waals surface area (Å²) in [5, 5.41) is 14.7. The SMILES string of the molecule is CCC(Nc1cc(Cl)c([N+](=O)[O-])cc1C)C1CCCCC1. The third-order valence-corrected chi connectivity index (χ3v) is 4.79. The van der Waals surface area contributed by atoms with Crippen molar-refractivity contribution in [1.82, 2.24) is 0 Å². The molecular weight excluding hydrogens is 288 g/mol. The molecule has 1 aliphatic rings. The van der Waals surface area contributed by atoms with E-state index in [-0.39, 0.29) is 10.7 Å². The molecule has 0 radical (unpaired) electrons. The Hall–Kier alpha value is -1.29. The number of halogens is 1. The van der Waals surface area contributed by atoms with Gasteiger partial charge in [-0.3, -0.25) is 10.1 Å². The molecule has 1 saturated carbocycles. The zero-order chi connectivity index (χ0) is 15.4. The van der Waals surface area contributed by atoms with Crippen LogP contribution in [0.1, 0.15) is 51.0 Å². The van der Waals surface area contributed by atoms with E-state index in [9.17, 15) is 10.1 Å². The molecule has 1 aromatic rings. The van der Waals surface area contributed by atoms with Gasteiger partial charge in [-0.05, 0) is 43.7 Å². The molecule has 2 rings (SSSR count). The summed E-state index contributed by atoms with van der Waals surface area (Å²) in [6.07, 6.45) is 7.55. The van der Waals surface area contributed by atoms with Gasteiger partial charge < -0.3 is 5.32 Å². The zero-order valence-corrected chi connectivity index (χ0v) is 13.4. The maximum absolute atomic E-state index is 10.9. The fourth-order valence-corrected chi connectivity index (χ4v) is 3.48. The number of aryl methyl sites for hydroxylation is 1. The normalized spacial score (nSPS) is 17.5. The molecular formula is C16H23ClN2O2. The Labute approximate surface area is 131 Å². The van der Waals surface area contributed by atoms with Gasteiger partial charge in [-0.25, -0.2) is 0 Å². The molecule has 0 heterocycles. The highest BCUT2D eigenvalue weighted by atomic mass is 35.5. The van der Waals surface area contributed by atoms with E-state index in [1.165, 1.54) is 32.1 Å². The minimum Gasteiger partial charge on any atom is -0.382 e. The van der Waals surface area contributed by atoms with Crippen molar-refractivity contribution < 1.29 is 4.92 Å². The Morgan fingerprint density at radius 2 is 2.05 bits per heavy atom. The van der Waals surface area contributed by atoms with Crippen LogP contribution >= 0.6 is 11.6 Å². The maximum Gasteiger partial charge on any atom is 0.288 e. The van der Waals surface area contributed by atoms with E-state index in [1.54, 1.807) is 12.1 Å². The summed E-state index contributed by atoms with van der Waals surface area (Å²) < 4.78 is 0. The number of hydrogen-bond donors (Lipinski definition) is 1. The molecule has 0 amide bonds. The third-order valence-electron chi connectivity index (χ3n) is 4.49. The van der Waals surface area contributed by atoms with Crippen molar-refractivity contribution in [3.05, 3.63) is 32.8 Å². The largest absolute Gasteiger partial charge is 0.382 e. The van der Waals surface area contributed by atoms with Gasteiger partial charge in [0.05, 0.1) is 4.92 Å². The van der Waals surface area contributed by atoms with E-state index >= 15 is 0 Å². The number of benzene rings is 1. The Morgan fingerprint density at radius 3 is 2.62 bits per heavy atom. The summed E-state index contributed by atoms with van der Waals surface area (Å²) >= 11 is 6.03. The fraction of sp³-hybridized carbons (Fsp3) is 0.625. The lowest BCUT2D eigenvalue weighted by Gasteiger charge is -2.31. The molecule has 1 N–H and O–H groups in total. The van der Waals surface area contributed by atoms with E-state index in [0.29, 0.717) is 12.0 Å². The van der Waals surface area contributed by atoms with E-state index in [4.69, 9.17) is 11.6 Å². The molecule has 1 aliphatic carbocycles. The average Bonchev–Trinajstić information content (AvgIpc) is 2.48. The number of hydrogen-bond acceptors (Lipinski definition) is 3. The van der Waals surface area contributed by atoms with E-state index in [0.717, 1.165) is 17.7 Å². The molecule has 5 heteroatoms. The van der Waals surface area contributed by atoms with Crippen molar-refractivity contribution in [2.24, 2.45) is 5.92 Å². The van der Waals surface area contributed by atoms with Crippen LogP contribution in [0.5, 0.6) is 0 Å². The number of rotatable bonds is 5. The monoisotopic (exact) mass is 310 g/mol. The molecule has 1 unspecified atom stereocenters. The Bertz CT molecular complexity index is 513. The highest BCUT2D eigenvalue weighted by Crippen LogP contribution is 2.34. The molecule has 1 fully saturated rings. The first-order valence-electron chi connectivity index (χ1n) is 7.74. The summed E-state index contributed by atoms with van der Waals surface area (Å²) in [6, 6.07) is 3.67. The summed E-state index contributed by atoms with van der Waals surface area (Å²) in [7, 11) is 0. The van der Waals surface area contributed by atoms with E-state index in [2.05, 4.69) is 12.2 Å². The van der Waals surface area contributed by atoms with Crippen molar-refractivity contribution in [2.75, 3.05) is 5.32 Å². The second-order valence-electron chi connectivity index (χ2n) is 5.93. The standard InChI is InChI=1S/C16H23ClN2O2/c1-3-14(12-7-5-4-6-8-12)18-15-10-13(17)16(19(20)21)9-11(15)2/h9-10,12,14,18H,3-8H2,1-2H3. The predicted molar refractivity (Wildman–Crippen MR) is 87.1 cm³/mol. The quantitative estimate of drug-likeness (QED) is 0.591. The molecule has 0 spiro atoms. The van der Waals surface area contributed by atoms with E-state index in [1.807, 2.05) is 6.92 Å². The van der Waals surface area contributed by atoms with E-state index < -0.39 is 4.92 Å². The van der Waals surface area contributed by atoms with Gasteiger partial charge >= 0.3 is 0 Å². The molecule has 1 atom stereocenters. The van der Waals surface area contributed by atoms with Crippen LogP contribution in [-0.4, -0.2) is 11.0 Å². The van der Waals surface area contributed by atoms with Crippen molar-refractivity contribution in [3.63, 3.8) is 0 Å². The van der Waals surface area contributed by atoms with Crippen LogP contribution in [0.4, 0.5) is 11.4 Å². The lowest BCUT2D eigenvalue weighted by molar-refractivity contribution is -0.384. The number of nitro groups is 1. The number of nitro benzene ring substituents is 1. The summed E-state index contributed by atoms with van der Waals surface area (Å²) in [6.45, 7) is 4.08. The van der Waals surface area contributed by atoms with Crippen LogP contribution in [0, 0.1) is 23.0 Å². The van der Waals surface area contributed by atoms with Crippen molar-refractivity contribution in [2.45, 2.75) is 58.4 Å². The summed E-state index contributed by atoms with van der Waals surface area (Å²) in [5.74, 6) is 0.692. The number of nitrogens with zero attached hydrogens (tertiary/aromatic N) is 1. The Morgan fingerprint density at radius 1 is 1.38 bits per heavy atom. The molecule has 21 heavy (non-hydrogen) atoms. The van der Waals surface area contributed by atoms with Crippen LogP contribution in [0.2, 0.25) is 5.02 Å². The van der Waals surface area contributed by atoms with Gasteiger partial charge in [0.2, 0.25) is 0 Å². The van der Waals surface area contributed by atoms with Gasteiger partial charge in [0.25, 0.3) is 5.69 Å². The van der Waals surface area contributed by atoms with Crippen LogP contribution in [-0.2, 0) is 0 Å². The van der Waals surface area contributed by atoms with Crippen molar-refractivity contribution in [1.29, 1.82) is 0 Å². The molecule has 0 aromatic heterocycles. The zero-order valence-electron chi connectivity index (χ0n) is 12.7.